The van der Waals surface area contributed by atoms with E-state index in [1.165, 1.54) is 6.21 Å². The number of amides is 1. The molecular formula is C17H12Br2IN3O3. The molecule has 0 unspecified atom stereocenters. The molecule has 0 spiro atoms. The van der Waals surface area contributed by atoms with Gasteiger partial charge in [-0.1, -0.05) is 0 Å². The van der Waals surface area contributed by atoms with Gasteiger partial charge < -0.3 is 9.47 Å². The molecule has 0 aliphatic rings. The molecule has 1 amide bonds. The second kappa shape index (κ2) is 9.89. The van der Waals surface area contributed by atoms with Gasteiger partial charge in [-0.25, -0.2) is 5.43 Å². The lowest BCUT2D eigenvalue weighted by molar-refractivity contribution is 0.0954. The first kappa shape index (κ1) is 20.7. The molecule has 2 rings (SSSR count). The Morgan fingerprint density at radius 2 is 2.04 bits per heavy atom. The predicted molar refractivity (Wildman–Crippen MR) is 114 cm³/mol. The van der Waals surface area contributed by atoms with Crippen molar-refractivity contribution >= 4 is 66.6 Å². The van der Waals surface area contributed by atoms with Gasteiger partial charge in [-0.2, -0.15) is 10.4 Å². The van der Waals surface area contributed by atoms with E-state index in [9.17, 15) is 4.79 Å². The zero-order chi connectivity index (χ0) is 19.1. The summed E-state index contributed by atoms with van der Waals surface area (Å²) in [6, 6.07) is 10.6. The second-order valence-electron chi connectivity index (χ2n) is 4.81. The molecule has 0 fully saturated rings. The van der Waals surface area contributed by atoms with Crippen LogP contribution in [0.1, 0.15) is 15.9 Å². The fourth-order valence-electron chi connectivity index (χ4n) is 1.93. The van der Waals surface area contributed by atoms with Gasteiger partial charge in [0.15, 0.2) is 6.61 Å². The third kappa shape index (κ3) is 5.43. The summed E-state index contributed by atoms with van der Waals surface area (Å²) in [4.78, 5) is 12.2. The Morgan fingerprint density at radius 3 is 2.65 bits per heavy atom. The molecule has 6 nitrogen and oxygen atoms in total. The first-order chi connectivity index (χ1) is 12.5. The number of ether oxygens (including phenoxy) is 2. The Morgan fingerprint density at radius 1 is 1.35 bits per heavy atom. The van der Waals surface area contributed by atoms with Gasteiger partial charge in [-0.15, -0.1) is 0 Å². The van der Waals surface area contributed by atoms with Crippen LogP contribution in [-0.2, 0) is 0 Å². The summed E-state index contributed by atoms with van der Waals surface area (Å²) < 4.78 is 12.8. The molecule has 2 aromatic carbocycles. The molecule has 0 atom stereocenters. The van der Waals surface area contributed by atoms with Crippen LogP contribution in [0.3, 0.4) is 0 Å². The van der Waals surface area contributed by atoms with Crippen LogP contribution < -0.4 is 14.9 Å². The number of rotatable bonds is 6. The number of hydrogen-bond acceptors (Lipinski definition) is 5. The lowest BCUT2D eigenvalue weighted by atomic mass is 10.2. The molecule has 0 saturated carbocycles. The zero-order valence-electron chi connectivity index (χ0n) is 13.4. The third-order valence-corrected chi connectivity index (χ3v) is 5.16. The van der Waals surface area contributed by atoms with Crippen molar-refractivity contribution in [3.8, 4) is 17.6 Å². The summed E-state index contributed by atoms with van der Waals surface area (Å²) in [5.74, 6) is 0.810. The van der Waals surface area contributed by atoms with Crippen LogP contribution in [0.25, 0.3) is 0 Å². The Balaban J connectivity index is 2.08. The maximum Gasteiger partial charge on any atom is 0.271 e. The van der Waals surface area contributed by atoms with Crippen LogP contribution >= 0.6 is 54.5 Å². The molecular weight excluding hydrogens is 581 g/mol. The monoisotopic (exact) mass is 591 g/mol. The molecule has 0 radical (unpaired) electrons. The van der Waals surface area contributed by atoms with Crippen LogP contribution in [0.15, 0.2) is 44.4 Å². The number of nitrogens with zero attached hydrogens (tertiary/aromatic N) is 2. The normalized spacial score (nSPS) is 10.4. The largest absolute Gasteiger partial charge is 0.496 e. The van der Waals surface area contributed by atoms with Gasteiger partial charge in [0.25, 0.3) is 5.91 Å². The van der Waals surface area contributed by atoms with Crippen molar-refractivity contribution in [3.05, 3.63) is 54.0 Å². The topological polar surface area (TPSA) is 83.7 Å². The summed E-state index contributed by atoms with van der Waals surface area (Å²) in [5.41, 5.74) is 3.65. The van der Waals surface area contributed by atoms with Gasteiger partial charge in [0, 0.05) is 5.56 Å². The molecule has 0 heterocycles. The van der Waals surface area contributed by atoms with Crippen LogP contribution in [0.5, 0.6) is 11.5 Å². The quantitative estimate of drug-likeness (QED) is 0.304. The van der Waals surface area contributed by atoms with E-state index in [1.807, 2.05) is 6.07 Å². The van der Waals surface area contributed by atoms with Gasteiger partial charge >= 0.3 is 0 Å². The minimum absolute atomic E-state index is 0.0554. The van der Waals surface area contributed by atoms with Crippen LogP contribution in [-0.4, -0.2) is 25.8 Å². The van der Waals surface area contributed by atoms with E-state index in [1.54, 1.807) is 37.4 Å². The van der Waals surface area contributed by atoms with E-state index in [-0.39, 0.29) is 12.5 Å². The van der Waals surface area contributed by atoms with Gasteiger partial charge in [0.1, 0.15) is 17.6 Å². The van der Waals surface area contributed by atoms with Crippen molar-refractivity contribution in [1.82, 2.24) is 5.43 Å². The minimum Gasteiger partial charge on any atom is -0.496 e. The zero-order valence-corrected chi connectivity index (χ0v) is 18.8. The molecule has 1 N–H and O–H groups in total. The molecule has 0 bridgehead atoms. The second-order valence-corrected chi connectivity index (χ2v) is 7.68. The van der Waals surface area contributed by atoms with Gasteiger partial charge in [0.2, 0.25) is 0 Å². The van der Waals surface area contributed by atoms with Crippen molar-refractivity contribution < 1.29 is 14.3 Å². The summed E-state index contributed by atoms with van der Waals surface area (Å²) in [6.07, 6.45) is 1.51. The average Bonchev–Trinajstić information content (AvgIpc) is 2.61. The highest BCUT2D eigenvalue weighted by atomic mass is 127. The smallest absolute Gasteiger partial charge is 0.271 e. The Hall–Kier alpha value is -1.64. The fourth-order valence-corrected chi connectivity index (χ4v) is 3.93. The maximum absolute atomic E-state index is 12.2. The number of halogens is 3. The molecule has 0 aliphatic carbocycles. The van der Waals surface area contributed by atoms with Gasteiger partial charge in [-0.3, -0.25) is 4.79 Å². The Labute approximate surface area is 181 Å². The van der Waals surface area contributed by atoms with Crippen molar-refractivity contribution in [2.45, 2.75) is 0 Å². The maximum atomic E-state index is 12.2. The number of benzene rings is 2. The van der Waals surface area contributed by atoms with E-state index < -0.39 is 0 Å². The van der Waals surface area contributed by atoms with E-state index >= 15 is 0 Å². The van der Waals surface area contributed by atoms with Crippen LogP contribution in [0.4, 0.5) is 0 Å². The molecule has 2 aromatic rings. The summed E-state index contributed by atoms with van der Waals surface area (Å²) in [5, 5.41) is 12.6. The van der Waals surface area contributed by atoms with E-state index in [0.29, 0.717) is 26.0 Å². The molecule has 134 valence electrons. The van der Waals surface area contributed by atoms with E-state index in [0.717, 1.165) is 9.13 Å². The highest BCUT2D eigenvalue weighted by molar-refractivity contribution is 14.1. The summed E-state index contributed by atoms with van der Waals surface area (Å²) in [6.45, 7) is -0.0554. The number of hydrogen-bond donors (Lipinski definition) is 1. The Kier molecular flexibility index (Phi) is 7.86. The highest BCUT2D eigenvalue weighted by Crippen LogP contribution is 2.34. The highest BCUT2D eigenvalue weighted by Gasteiger charge is 2.10. The number of carbonyl (C=O) groups is 1. The van der Waals surface area contributed by atoms with Gasteiger partial charge in [0.05, 0.1) is 25.8 Å². The third-order valence-electron chi connectivity index (χ3n) is 3.09. The number of hydrazone groups is 1. The fraction of sp³-hybridized carbons (Fsp3) is 0.118. The lowest BCUT2D eigenvalue weighted by Crippen LogP contribution is -2.17. The van der Waals surface area contributed by atoms with Crippen molar-refractivity contribution in [2.75, 3.05) is 13.7 Å². The average molecular weight is 593 g/mol. The number of nitrogens with one attached hydrogen (secondary N) is 1. The van der Waals surface area contributed by atoms with Crippen molar-refractivity contribution in [2.24, 2.45) is 5.10 Å². The SMILES string of the molecule is COc1cc(C(=O)N/N=C\c2cc(Br)c(OCC#N)c(Br)c2)ccc1I. The first-order valence-corrected chi connectivity index (χ1v) is 9.78. The van der Waals surface area contributed by atoms with Crippen LogP contribution in [0, 0.1) is 14.9 Å². The molecule has 0 saturated heterocycles. The molecule has 0 aliphatic heterocycles. The number of methoxy groups -OCH3 is 1. The molecule has 0 aromatic heterocycles. The van der Waals surface area contributed by atoms with E-state index in [4.69, 9.17) is 14.7 Å². The first-order valence-electron chi connectivity index (χ1n) is 7.12. The summed E-state index contributed by atoms with van der Waals surface area (Å²) in [7, 11) is 1.55. The van der Waals surface area contributed by atoms with E-state index in [2.05, 4.69) is 65.0 Å². The molecule has 9 heteroatoms. The summed E-state index contributed by atoms with van der Waals surface area (Å²) >= 11 is 8.89. The standard InChI is InChI=1S/C17H12Br2IN3O3/c1-25-15-8-11(2-3-14(15)20)17(24)23-22-9-10-6-12(18)16(13(19)7-10)26-5-4-21/h2-3,6-9H,5H2,1H3,(H,23,24)/b22-9-. The Bertz CT molecular complexity index is 874. The van der Waals surface area contributed by atoms with Crippen LogP contribution in [0.2, 0.25) is 0 Å². The molecule has 26 heavy (non-hydrogen) atoms. The number of nitriles is 1. The van der Waals surface area contributed by atoms with Crippen molar-refractivity contribution in [1.29, 1.82) is 5.26 Å². The lowest BCUT2D eigenvalue weighted by Gasteiger charge is -2.08. The number of carbonyl (C=O) groups excluding carboxylic acids is 1. The van der Waals surface area contributed by atoms with Gasteiger partial charge in [-0.05, 0) is 90.3 Å². The van der Waals surface area contributed by atoms with Crippen molar-refractivity contribution in [3.63, 3.8) is 0 Å². The minimum atomic E-state index is -0.344. The predicted octanol–water partition coefficient (Wildman–Crippen LogP) is 4.49.